The maximum absolute atomic E-state index is 5.14. The molecule has 0 aliphatic heterocycles. The fourth-order valence-electron chi connectivity index (χ4n) is 1.45. The van der Waals surface area contributed by atoms with E-state index in [0.717, 1.165) is 24.2 Å². The lowest BCUT2D eigenvalue weighted by Crippen LogP contribution is -1.86. The maximum Gasteiger partial charge on any atom is 0.226 e. The van der Waals surface area contributed by atoms with Gasteiger partial charge in [-0.25, -0.2) is 0 Å². The molecule has 0 aliphatic carbocycles. The number of hydrogen-bond acceptors (Lipinski definition) is 4. The van der Waals surface area contributed by atoms with Crippen LogP contribution >= 0.6 is 0 Å². The fourth-order valence-corrected chi connectivity index (χ4v) is 1.45. The summed E-state index contributed by atoms with van der Waals surface area (Å²) in [5, 5.41) is 3.94. The molecule has 0 radical (unpaired) electrons. The van der Waals surface area contributed by atoms with Crippen LogP contribution in [0.15, 0.2) is 28.8 Å². The Bertz CT molecular complexity index is 466. The van der Waals surface area contributed by atoms with E-state index in [-0.39, 0.29) is 0 Å². The predicted molar refractivity (Wildman–Crippen MR) is 60.3 cm³/mol. The standard InChI is InChI=1S/C12H14N2O2/c1-3-5-11-13-12(14-16-11)9-6-4-7-10(8-9)15-2/h4,6-8H,3,5H2,1-2H3. The van der Waals surface area contributed by atoms with Crippen LogP contribution in [0.3, 0.4) is 0 Å². The van der Waals surface area contributed by atoms with Crippen LogP contribution in [-0.4, -0.2) is 17.3 Å². The van der Waals surface area contributed by atoms with E-state index in [9.17, 15) is 0 Å². The summed E-state index contributed by atoms with van der Waals surface area (Å²) in [6.07, 6.45) is 1.82. The van der Waals surface area contributed by atoms with Gasteiger partial charge in [-0.3, -0.25) is 0 Å². The number of hydrogen-bond donors (Lipinski definition) is 0. The highest BCUT2D eigenvalue weighted by atomic mass is 16.5. The summed E-state index contributed by atoms with van der Waals surface area (Å²) < 4.78 is 10.3. The number of benzene rings is 1. The first kappa shape index (κ1) is 10.7. The minimum atomic E-state index is 0.613. The average Bonchev–Trinajstić information content (AvgIpc) is 2.78. The highest BCUT2D eigenvalue weighted by Gasteiger charge is 2.08. The molecule has 84 valence electrons. The first-order valence-corrected chi connectivity index (χ1v) is 5.30. The van der Waals surface area contributed by atoms with E-state index in [1.54, 1.807) is 7.11 Å². The van der Waals surface area contributed by atoms with Crippen LogP contribution in [0.5, 0.6) is 5.75 Å². The molecule has 0 fully saturated rings. The molecule has 0 aliphatic rings. The molecule has 0 spiro atoms. The van der Waals surface area contributed by atoms with Crippen molar-refractivity contribution in [3.8, 4) is 17.1 Å². The minimum Gasteiger partial charge on any atom is -0.497 e. The first-order chi connectivity index (χ1) is 7.83. The van der Waals surface area contributed by atoms with Crippen LogP contribution in [-0.2, 0) is 6.42 Å². The van der Waals surface area contributed by atoms with Gasteiger partial charge < -0.3 is 9.26 Å². The molecule has 1 aromatic heterocycles. The Kier molecular flexibility index (Phi) is 3.19. The van der Waals surface area contributed by atoms with E-state index in [2.05, 4.69) is 17.1 Å². The quantitative estimate of drug-likeness (QED) is 0.791. The third-order valence-electron chi connectivity index (χ3n) is 2.26. The number of aromatic nitrogens is 2. The topological polar surface area (TPSA) is 48.2 Å². The Hall–Kier alpha value is -1.84. The molecule has 0 unspecified atom stereocenters. The lowest BCUT2D eigenvalue weighted by atomic mass is 10.2. The van der Waals surface area contributed by atoms with Crippen LogP contribution in [0.4, 0.5) is 0 Å². The van der Waals surface area contributed by atoms with Crippen LogP contribution in [0.25, 0.3) is 11.4 Å². The number of aryl methyl sites for hydroxylation is 1. The van der Waals surface area contributed by atoms with Gasteiger partial charge in [0.2, 0.25) is 11.7 Å². The SMILES string of the molecule is CCCc1nc(-c2cccc(OC)c2)no1. The molecule has 0 saturated heterocycles. The van der Waals surface area contributed by atoms with Gasteiger partial charge in [0.05, 0.1) is 7.11 Å². The Morgan fingerprint density at radius 3 is 3.00 bits per heavy atom. The second kappa shape index (κ2) is 4.79. The normalized spacial score (nSPS) is 10.4. The van der Waals surface area contributed by atoms with Crippen molar-refractivity contribution in [1.82, 2.24) is 10.1 Å². The smallest absolute Gasteiger partial charge is 0.226 e. The van der Waals surface area contributed by atoms with Crippen LogP contribution < -0.4 is 4.74 Å². The second-order valence-electron chi connectivity index (χ2n) is 3.49. The van der Waals surface area contributed by atoms with Gasteiger partial charge >= 0.3 is 0 Å². The van der Waals surface area contributed by atoms with Crippen molar-refractivity contribution in [2.75, 3.05) is 7.11 Å². The van der Waals surface area contributed by atoms with Gasteiger partial charge in [-0.15, -0.1) is 0 Å². The van der Waals surface area contributed by atoms with Crippen LogP contribution in [0, 0.1) is 0 Å². The summed E-state index contributed by atoms with van der Waals surface area (Å²) in [7, 11) is 1.64. The van der Waals surface area contributed by atoms with E-state index in [0.29, 0.717) is 11.7 Å². The van der Waals surface area contributed by atoms with E-state index < -0.39 is 0 Å². The molecular weight excluding hydrogens is 204 g/mol. The van der Waals surface area contributed by atoms with Crippen LogP contribution in [0.2, 0.25) is 0 Å². The lowest BCUT2D eigenvalue weighted by Gasteiger charge is -1.99. The minimum absolute atomic E-state index is 0.613. The van der Waals surface area contributed by atoms with E-state index in [1.807, 2.05) is 24.3 Å². The number of methoxy groups -OCH3 is 1. The number of nitrogens with zero attached hydrogens (tertiary/aromatic N) is 2. The average molecular weight is 218 g/mol. The summed E-state index contributed by atoms with van der Waals surface area (Å²) in [6.45, 7) is 2.08. The molecule has 4 heteroatoms. The van der Waals surface area contributed by atoms with Crippen molar-refractivity contribution < 1.29 is 9.26 Å². The molecule has 0 saturated carbocycles. The Morgan fingerprint density at radius 2 is 2.25 bits per heavy atom. The zero-order chi connectivity index (χ0) is 11.4. The molecule has 4 nitrogen and oxygen atoms in total. The first-order valence-electron chi connectivity index (χ1n) is 5.30. The summed E-state index contributed by atoms with van der Waals surface area (Å²) >= 11 is 0. The third kappa shape index (κ3) is 2.21. The molecule has 0 N–H and O–H groups in total. The zero-order valence-electron chi connectivity index (χ0n) is 9.43. The van der Waals surface area contributed by atoms with Gasteiger partial charge in [0.15, 0.2) is 0 Å². The third-order valence-corrected chi connectivity index (χ3v) is 2.26. The predicted octanol–water partition coefficient (Wildman–Crippen LogP) is 2.70. The second-order valence-corrected chi connectivity index (χ2v) is 3.49. The summed E-state index contributed by atoms with van der Waals surface area (Å²) in [5.41, 5.74) is 0.908. The van der Waals surface area contributed by atoms with Crippen molar-refractivity contribution in [1.29, 1.82) is 0 Å². The van der Waals surface area contributed by atoms with Gasteiger partial charge in [-0.2, -0.15) is 4.98 Å². The van der Waals surface area contributed by atoms with Crippen molar-refractivity contribution in [2.45, 2.75) is 19.8 Å². The maximum atomic E-state index is 5.14. The lowest BCUT2D eigenvalue weighted by molar-refractivity contribution is 0.378. The van der Waals surface area contributed by atoms with Gasteiger partial charge in [0.25, 0.3) is 0 Å². The van der Waals surface area contributed by atoms with Crippen molar-refractivity contribution in [3.63, 3.8) is 0 Å². The molecule has 0 atom stereocenters. The van der Waals surface area contributed by atoms with Gasteiger partial charge in [-0.05, 0) is 18.6 Å². The van der Waals surface area contributed by atoms with Gasteiger partial charge in [0, 0.05) is 12.0 Å². The monoisotopic (exact) mass is 218 g/mol. The Labute approximate surface area is 94.2 Å². The molecule has 1 aromatic carbocycles. The molecule has 1 heterocycles. The van der Waals surface area contributed by atoms with E-state index in [1.165, 1.54) is 0 Å². The molecule has 2 aromatic rings. The van der Waals surface area contributed by atoms with E-state index >= 15 is 0 Å². The Balaban J connectivity index is 2.27. The summed E-state index contributed by atoms with van der Waals surface area (Å²) in [6, 6.07) is 7.62. The largest absolute Gasteiger partial charge is 0.497 e. The fraction of sp³-hybridized carbons (Fsp3) is 0.333. The molecule has 0 bridgehead atoms. The molecule has 16 heavy (non-hydrogen) atoms. The Morgan fingerprint density at radius 1 is 1.38 bits per heavy atom. The summed E-state index contributed by atoms with van der Waals surface area (Å²) in [4.78, 5) is 4.31. The van der Waals surface area contributed by atoms with E-state index in [4.69, 9.17) is 9.26 Å². The van der Waals surface area contributed by atoms with Crippen molar-refractivity contribution in [2.24, 2.45) is 0 Å². The zero-order valence-corrected chi connectivity index (χ0v) is 9.43. The molecule has 2 rings (SSSR count). The van der Waals surface area contributed by atoms with Crippen LogP contribution in [0.1, 0.15) is 19.2 Å². The number of rotatable bonds is 4. The van der Waals surface area contributed by atoms with Gasteiger partial charge in [0.1, 0.15) is 5.75 Å². The highest BCUT2D eigenvalue weighted by molar-refractivity contribution is 5.56. The van der Waals surface area contributed by atoms with Crippen molar-refractivity contribution in [3.05, 3.63) is 30.2 Å². The number of ether oxygens (including phenoxy) is 1. The van der Waals surface area contributed by atoms with Crippen molar-refractivity contribution >= 4 is 0 Å². The highest BCUT2D eigenvalue weighted by Crippen LogP contribution is 2.21. The molecular formula is C12H14N2O2. The van der Waals surface area contributed by atoms with Gasteiger partial charge in [-0.1, -0.05) is 24.2 Å². The molecule has 0 amide bonds. The summed E-state index contributed by atoms with van der Waals surface area (Å²) in [5.74, 6) is 2.09.